The van der Waals surface area contributed by atoms with Gasteiger partial charge in [0.25, 0.3) is 0 Å². The summed E-state index contributed by atoms with van der Waals surface area (Å²) in [4.78, 5) is 15.9. The average Bonchev–Trinajstić information content (AvgIpc) is 2.84. The van der Waals surface area contributed by atoms with Gasteiger partial charge in [0.1, 0.15) is 17.1 Å². The second-order valence-electron chi connectivity index (χ2n) is 5.18. The smallest absolute Gasteiger partial charge is 0.319 e. The quantitative estimate of drug-likeness (QED) is 0.806. The molecule has 0 radical (unpaired) electrons. The Hall–Kier alpha value is -2.34. The molecule has 2 rings (SSSR count). The Morgan fingerprint density at radius 2 is 2.14 bits per heavy atom. The minimum absolute atomic E-state index is 0.0376. The molecule has 0 aliphatic rings. The number of carbonyl (C=O) groups excluding carboxylic acids is 1. The van der Waals surface area contributed by atoms with E-state index in [2.05, 4.69) is 15.6 Å². The lowest BCUT2D eigenvalue weighted by molar-refractivity contribution is 0.0364. The van der Waals surface area contributed by atoms with Crippen LogP contribution in [0.5, 0.6) is 0 Å². The summed E-state index contributed by atoms with van der Waals surface area (Å²) >= 11 is 0. The van der Waals surface area contributed by atoms with E-state index in [-0.39, 0.29) is 6.54 Å². The van der Waals surface area contributed by atoms with Crippen LogP contribution in [0, 0.1) is 13.8 Å². The Morgan fingerprint density at radius 3 is 2.76 bits per heavy atom. The van der Waals surface area contributed by atoms with Crippen molar-refractivity contribution in [2.75, 3.05) is 11.9 Å². The molecule has 0 saturated heterocycles. The van der Waals surface area contributed by atoms with E-state index < -0.39 is 11.6 Å². The van der Waals surface area contributed by atoms with E-state index in [0.717, 1.165) is 5.69 Å². The van der Waals surface area contributed by atoms with Crippen LogP contribution in [0.3, 0.4) is 0 Å². The van der Waals surface area contributed by atoms with Gasteiger partial charge < -0.3 is 20.2 Å². The molecular weight excluding hydrogens is 270 g/mol. The van der Waals surface area contributed by atoms with Gasteiger partial charge in [-0.1, -0.05) is 0 Å². The zero-order chi connectivity index (χ0) is 15.5. The number of hydrogen-bond donors (Lipinski definition) is 3. The largest absolute Gasteiger partial charge is 0.463 e. The first-order chi connectivity index (χ1) is 9.87. The second kappa shape index (κ2) is 5.97. The summed E-state index contributed by atoms with van der Waals surface area (Å²) in [6.07, 6.45) is 1.62. The van der Waals surface area contributed by atoms with Crippen molar-refractivity contribution in [3.63, 3.8) is 0 Å². The molecule has 2 heterocycles. The van der Waals surface area contributed by atoms with Crippen LogP contribution in [-0.4, -0.2) is 22.7 Å². The average molecular weight is 289 g/mol. The van der Waals surface area contributed by atoms with Crippen LogP contribution in [-0.2, 0) is 5.60 Å². The van der Waals surface area contributed by atoms with Crippen LogP contribution in [0.25, 0.3) is 0 Å². The van der Waals surface area contributed by atoms with E-state index in [1.54, 1.807) is 44.3 Å². The number of anilines is 1. The summed E-state index contributed by atoms with van der Waals surface area (Å²) in [5, 5.41) is 15.6. The molecule has 2 aromatic rings. The van der Waals surface area contributed by atoms with Crippen molar-refractivity contribution in [2.45, 2.75) is 26.4 Å². The van der Waals surface area contributed by atoms with Crippen LogP contribution in [0.2, 0.25) is 0 Å². The molecule has 112 valence electrons. The first-order valence-corrected chi connectivity index (χ1v) is 6.63. The summed E-state index contributed by atoms with van der Waals surface area (Å²) in [5.74, 6) is 1.13. The van der Waals surface area contributed by atoms with Crippen molar-refractivity contribution in [1.29, 1.82) is 0 Å². The molecule has 0 aliphatic heterocycles. The van der Waals surface area contributed by atoms with Crippen LogP contribution in [0.1, 0.15) is 24.1 Å². The van der Waals surface area contributed by atoms with Gasteiger partial charge in [-0.25, -0.2) is 4.79 Å². The molecule has 21 heavy (non-hydrogen) atoms. The Bertz CT molecular complexity index is 635. The van der Waals surface area contributed by atoms with E-state index >= 15 is 0 Å². The predicted molar refractivity (Wildman–Crippen MR) is 79.0 cm³/mol. The number of rotatable bonds is 4. The zero-order valence-corrected chi connectivity index (χ0v) is 12.3. The highest BCUT2D eigenvalue weighted by Gasteiger charge is 2.27. The third kappa shape index (κ3) is 4.06. The van der Waals surface area contributed by atoms with Gasteiger partial charge in [-0.2, -0.15) is 0 Å². The topological polar surface area (TPSA) is 87.4 Å². The monoisotopic (exact) mass is 289 g/mol. The lowest BCUT2D eigenvalue weighted by Crippen LogP contribution is -2.40. The number of aliphatic hydroxyl groups is 1. The van der Waals surface area contributed by atoms with Gasteiger partial charge in [-0.3, -0.25) is 4.98 Å². The summed E-state index contributed by atoms with van der Waals surface area (Å²) in [7, 11) is 0. The van der Waals surface area contributed by atoms with Gasteiger partial charge >= 0.3 is 6.03 Å². The van der Waals surface area contributed by atoms with Gasteiger partial charge in [0, 0.05) is 17.6 Å². The molecule has 0 aromatic carbocycles. The third-order valence-corrected chi connectivity index (χ3v) is 3.02. The molecule has 1 atom stereocenters. The fraction of sp³-hybridized carbons (Fsp3) is 0.333. The summed E-state index contributed by atoms with van der Waals surface area (Å²) in [6.45, 7) is 5.26. The van der Waals surface area contributed by atoms with Gasteiger partial charge in [-0.15, -0.1) is 0 Å². The number of nitrogens with one attached hydrogen (secondary N) is 2. The lowest BCUT2D eigenvalue weighted by atomic mass is 10.0. The highest BCUT2D eigenvalue weighted by atomic mass is 16.4. The molecule has 0 fully saturated rings. The molecule has 0 spiro atoms. The van der Waals surface area contributed by atoms with E-state index in [0.29, 0.717) is 17.2 Å². The van der Waals surface area contributed by atoms with E-state index in [1.165, 1.54) is 0 Å². The molecule has 3 N–H and O–H groups in total. The van der Waals surface area contributed by atoms with Crippen molar-refractivity contribution >= 4 is 11.7 Å². The van der Waals surface area contributed by atoms with E-state index in [1.807, 2.05) is 6.92 Å². The number of amides is 2. The minimum Gasteiger partial charge on any atom is -0.463 e. The van der Waals surface area contributed by atoms with Crippen molar-refractivity contribution in [1.82, 2.24) is 10.3 Å². The summed E-state index contributed by atoms with van der Waals surface area (Å²) < 4.78 is 5.38. The molecule has 0 aliphatic carbocycles. The van der Waals surface area contributed by atoms with Gasteiger partial charge in [-0.05, 0) is 45.0 Å². The Balaban J connectivity index is 1.91. The highest BCUT2D eigenvalue weighted by molar-refractivity contribution is 5.89. The lowest BCUT2D eigenvalue weighted by Gasteiger charge is -2.21. The SMILES string of the molecule is Cc1cc(NC(=O)NCC(C)(O)c2ccc(C)o2)ccn1. The normalized spacial score (nSPS) is 13.5. The Labute approximate surface area is 123 Å². The Morgan fingerprint density at radius 1 is 1.38 bits per heavy atom. The summed E-state index contributed by atoms with van der Waals surface area (Å²) in [6, 6.07) is 6.52. The Kier molecular flexibility index (Phi) is 4.28. The number of carbonyl (C=O) groups is 1. The van der Waals surface area contributed by atoms with Crippen LogP contribution in [0.4, 0.5) is 10.5 Å². The number of hydrogen-bond acceptors (Lipinski definition) is 4. The highest BCUT2D eigenvalue weighted by Crippen LogP contribution is 2.21. The molecule has 6 heteroatoms. The molecule has 6 nitrogen and oxygen atoms in total. The number of urea groups is 1. The van der Waals surface area contributed by atoms with Crippen LogP contribution < -0.4 is 10.6 Å². The number of furan rings is 1. The maximum atomic E-state index is 11.8. The maximum Gasteiger partial charge on any atom is 0.319 e. The van der Waals surface area contributed by atoms with Crippen LogP contribution >= 0.6 is 0 Å². The van der Waals surface area contributed by atoms with Crippen LogP contribution in [0.15, 0.2) is 34.9 Å². The number of pyridine rings is 1. The first-order valence-electron chi connectivity index (χ1n) is 6.63. The second-order valence-corrected chi connectivity index (χ2v) is 5.18. The maximum absolute atomic E-state index is 11.8. The number of aromatic nitrogens is 1. The standard InChI is InChI=1S/C15H19N3O3/c1-10-8-12(6-7-16-10)18-14(19)17-9-15(3,20)13-5-4-11(2)21-13/h4-8,20H,9H2,1-3H3,(H2,16,17,18,19). The molecule has 1 unspecified atom stereocenters. The van der Waals surface area contributed by atoms with Gasteiger partial charge in [0.15, 0.2) is 0 Å². The van der Waals surface area contributed by atoms with Crippen molar-refractivity contribution < 1.29 is 14.3 Å². The molecule has 0 saturated carbocycles. The van der Waals surface area contributed by atoms with Crippen molar-refractivity contribution in [2.24, 2.45) is 0 Å². The number of nitrogens with zero attached hydrogens (tertiary/aromatic N) is 1. The molecular formula is C15H19N3O3. The fourth-order valence-corrected chi connectivity index (χ4v) is 1.86. The van der Waals surface area contributed by atoms with E-state index in [4.69, 9.17) is 4.42 Å². The fourth-order valence-electron chi connectivity index (χ4n) is 1.86. The van der Waals surface area contributed by atoms with Gasteiger partial charge in [0.05, 0.1) is 6.54 Å². The van der Waals surface area contributed by atoms with Crippen molar-refractivity contribution in [3.05, 3.63) is 47.7 Å². The third-order valence-electron chi connectivity index (χ3n) is 3.02. The molecule has 2 amide bonds. The first kappa shape index (κ1) is 15.1. The predicted octanol–water partition coefficient (Wildman–Crippen LogP) is 2.32. The minimum atomic E-state index is -1.26. The zero-order valence-electron chi connectivity index (χ0n) is 12.3. The van der Waals surface area contributed by atoms with Gasteiger partial charge in [0.2, 0.25) is 0 Å². The summed E-state index contributed by atoms with van der Waals surface area (Å²) in [5.41, 5.74) is 0.194. The molecule has 0 bridgehead atoms. The number of aryl methyl sites for hydroxylation is 2. The van der Waals surface area contributed by atoms with E-state index in [9.17, 15) is 9.90 Å². The van der Waals surface area contributed by atoms with Crippen molar-refractivity contribution in [3.8, 4) is 0 Å². The molecule has 2 aromatic heterocycles.